The van der Waals surface area contributed by atoms with Gasteiger partial charge in [-0.1, -0.05) is 71.9 Å². The summed E-state index contributed by atoms with van der Waals surface area (Å²) in [6.07, 6.45) is 0.964. The minimum Gasteiger partial charge on any atom is -0.493 e. The maximum absolute atomic E-state index is 6.28. The lowest BCUT2D eigenvalue weighted by atomic mass is 10.1. The third-order valence-corrected chi connectivity index (χ3v) is 6.47. The van der Waals surface area contributed by atoms with Gasteiger partial charge in [0.1, 0.15) is 6.61 Å². The fourth-order valence-electron chi connectivity index (χ4n) is 3.37. The Morgan fingerprint density at radius 1 is 0.971 bits per heavy atom. The lowest BCUT2D eigenvalue weighted by molar-refractivity contribution is 0.280. The normalized spacial score (nSPS) is 10.9. The molecule has 0 saturated heterocycles. The van der Waals surface area contributed by atoms with E-state index < -0.39 is 0 Å². The van der Waals surface area contributed by atoms with Gasteiger partial charge in [0.2, 0.25) is 5.16 Å². The highest BCUT2D eigenvalue weighted by Crippen LogP contribution is 2.32. The minimum absolute atomic E-state index is 0.375. The average Bonchev–Trinajstić information content (AvgIpc) is 3.35. The van der Waals surface area contributed by atoms with Crippen LogP contribution < -0.4 is 14.8 Å². The first-order valence-corrected chi connectivity index (χ1v) is 12.3. The van der Waals surface area contributed by atoms with Gasteiger partial charge in [0.25, 0.3) is 0 Å². The molecule has 0 aliphatic carbocycles. The van der Waals surface area contributed by atoms with E-state index in [1.807, 2.05) is 72.8 Å². The van der Waals surface area contributed by atoms with Crippen molar-refractivity contribution >= 4 is 23.4 Å². The first-order chi connectivity index (χ1) is 16.8. The Hall–Kier alpha value is -3.07. The number of benzene rings is 3. The van der Waals surface area contributed by atoms with E-state index in [-0.39, 0.29) is 0 Å². The third kappa shape index (κ3) is 6.28. The number of tetrazole rings is 1. The lowest BCUT2D eigenvalue weighted by Crippen LogP contribution is -2.16. The van der Waals surface area contributed by atoms with Crippen LogP contribution in [0.1, 0.15) is 17.5 Å². The third-order valence-electron chi connectivity index (χ3n) is 5.10. The molecule has 1 aromatic heterocycles. The summed E-state index contributed by atoms with van der Waals surface area (Å²) in [5.41, 5.74) is 2.92. The Kier molecular flexibility index (Phi) is 8.78. The van der Waals surface area contributed by atoms with Gasteiger partial charge >= 0.3 is 0 Å². The zero-order valence-corrected chi connectivity index (χ0v) is 20.4. The van der Waals surface area contributed by atoms with Crippen molar-refractivity contribution in [1.29, 1.82) is 0 Å². The quantitative estimate of drug-likeness (QED) is 0.214. The maximum Gasteiger partial charge on any atom is 0.214 e. The van der Waals surface area contributed by atoms with Crippen LogP contribution in [0.4, 0.5) is 0 Å². The van der Waals surface area contributed by atoms with Gasteiger partial charge in [0, 0.05) is 28.4 Å². The largest absolute Gasteiger partial charge is 0.493 e. The van der Waals surface area contributed by atoms with Crippen LogP contribution in [-0.2, 0) is 13.2 Å². The summed E-state index contributed by atoms with van der Waals surface area (Å²) in [6, 6.07) is 23.5. The molecular weight excluding hydrogens is 470 g/mol. The summed E-state index contributed by atoms with van der Waals surface area (Å²) >= 11 is 7.92. The molecule has 0 spiro atoms. The van der Waals surface area contributed by atoms with E-state index in [0.717, 1.165) is 46.4 Å². The molecule has 7 nitrogen and oxygen atoms in total. The maximum atomic E-state index is 6.28. The summed E-state index contributed by atoms with van der Waals surface area (Å²) in [7, 11) is 1.65. The number of aromatic nitrogens is 4. The summed E-state index contributed by atoms with van der Waals surface area (Å²) in [4.78, 5) is 0. The first-order valence-electron chi connectivity index (χ1n) is 11.0. The Morgan fingerprint density at radius 2 is 1.76 bits per heavy atom. The predicted octanol–water partition coefficient (Wildman–Crippen LogP) is 5.18. The van der Waals surface area contributed by atoms with Crippen LogP contribution in [0.25, 0.3) is 5.69 Å². The molecule has 9 heteroatoms. The monoisotopic (exact) mass is 495 g/mol. The van der Waals surface area contributed by atoms with Crippen LogP contribution in [0.15, 0.2) is 78.0 Å². The Morgan fingerprint density at radius 3 is 2.59 bits per heavy atom. The van der Waals surface area contributed by atoms with E-state index in [9.17, 15) is 0 Å². The molecule has 0 fully saturated rings. The summed E-state index contributed by atoms with van der Waals surface area (Å²) in [5.74, 6) is 2.33. The molecule has 4 aromatic rings. The van der Waals surface area contributed by atoms with Crippen LogP contribution in [0.3, 0.4) is 0 Å². The van der Waals surface area contributed by atoms with E-state index >= 15 is 0 Å². The number of para-hydroxylation sites is 2. The highest BCUT2D eigenvalue weighted by atomic mass is 35.5. The van der Waals surface area contributed by atoms with Crippen molar-refractivity contribution in [2.45, 2.75) is 24.7 Å². The predicted molar refractivity (Wildman–Crippen MR) is 135 cm³/mol. The fraction of sp³-hybridized carbons (Fsp3) is 0.240. The Balaban J connectivity index is 1.27. The molecule has 1 heterocycles. The van der Waals surface area contributed by atoms with Crippen molar-refractivity contribution in [3.05, 3.63) is 88.9 Å². The van der Waals surface area contributed by atoms with Crippen LogP contribution in [0, 0.1) is 0 Å². The average molecular weight is 496 g/mol. The molecular formula is C25H26ClN5O2S. The Labute approximate surface area is 208 Å². The molecule has 0 amide bonds. The van der Waals surface area contributed by atoms with E-state index in [1.54, 1.807) is 23.6 Å². The van der Waals surface area contributed by atoms with Crippen molar-refractivity contribution in [2.24, 2.45) is 0 Å². The van der Waals surface area contributed by atoms with E-state index in [4.69, 9.17) is 21.1 Å². The Bertz CT molecular complexity index is 1190. The molecule has 0 bridgehead atoms. The van der Waals surface area contributed by atoms with Crippen molar-refractivity contribution in [3.8, 4) is 17.2 Å². The highest BCUT2D eigenvalue weighted by molar-refractivity contribution is 7.99. The highest BCUT2D eigenvalue weighted by Gasteiger charge is 2.12. The summed E-state index contributed by atoms with van der Waals surface area (Å²) in [6.45, 7) is 1.89. The number of hydrogen-bond acceptors (Lipinski definition) is 7. The number of ether oxygens (including phenoxy) is 2. The van der Waals surface area contributed by atoms with E-state index in [1.165, 1.54) is 0 Å². The van der Waals surface area contributed by atoms with E-state index in [2.05, 4.69) is 20.8 Å². The number of nitrogens with one attached hydrogen (secondary N) is 1. The second-order valence-corrected chi connectivity index (χ2v) is 8.89. The molecule has 176 valence electrons. The van der Waals surface area contributed by atoms with Crippen LogP contribution in [0.2, 0.25) is 5.02 Å². The number of methoxy groups -OCH3 is 1. The molecule has 0 atom stereocenters. The topological polar surface area (TPSA) is 74.1 Å². The van der Waals surface area contributed by atoms with Crippen molar-refractivity contribution in [2.75, 3.05) is 19.4 Å². The SMILES string of the molecule is COc1cccc(CNCCCSc2nnnn2-c2ccccc2)c1OCc1ccccc1Cl. The van der Waals surface area contributed by atoms with Gasteiger partial charge < -0.3 is 14.8 Å². The number of halogens is 1. The van der Waals surface area contributed by atoms with Gasteiger partial charge in [0.15, 0.2) is 11.5 Å². The molecule has 0 aliphatic heterocycles. The molecule has 3 aromatic carbocycles. The van der Waals surface area contributed by atoms with Crippen molar-refractivity contribution in [1.82, 2.24) is 25.5 Å². The number of nitrogens with zero attached hydrogens (tertiary/aromatic N) is 4. The molecule has 0 radical (unpaired) electrons. The number of hydrogen-bond donors (Lipinski definition) is 1. The van der Waals surface area contributed by atoms with Crippen LogP contribution in [0.5, 0.6) is 11.5 Å². The summed E-state index contributed by atoms with van der Waals surface area (Å²) < 4.78 is 13.4. The van der Waals surface area contributed by atoms with Gasteiger partial charge in [-0.2, -0.15) is 4.68 Å². The van der Waals surface area contributed by atoms with Gasteiger partial charge in [-0.25, -0.2) is 0 Å². The molecule has 1 N–H and O–H groups in total. The zero-order chi connectivity index (χ0) is 23.6. The smallest absolute Gasteiger partial charge is 0.214 e. The minimum atomic E-state index is 0.375. The molecule has 4 rings (SSSR count). The summed E-state index contributed by atoms with van der Waals surface area (Å²) in [5, 5.41) is 17.0. The second kappa shape index (κ2) is 12.4. The van der Waals surface area contributed by atoms with Crippen molar-refractivity contribution < 1.29 is 9.47 Å². The van der Waals surface area contributed by atoms with Crippen molar-refractivity contribution in [3.63, 3.8) is 0 Å². The number of thioether (sulfide) groups is 1. The van der Waals surface area contributed by atoms with Gasteiger partial charge in [-0.05, 0) is 47.7 Å². The van der Waals surface area contributed by atoms with Gasteiger partial charge in [-0.3, -0.25) is 0 Å². The molecule has 34 heavy (non-hydrogen) atoms. The number of rotatable bonds is 12. The van der Waals surface area contributed by atoms with Crippen LogP contribution >= 0.6 is 23.4 Å². The standard InChI is InChI=1S/C25H26ClN5O2S/c1-32-23-14-7-10-19(24(23)33-18-20-9-5-6-13-22(20)26)17-27-15-8-16-34-25-28-29-30-31(25)21-11-3-2-4-12-21/h2-7,9-14,27H,8,15-18H2,1H3. The molecule has 0 unspecified atom stereocenters. The fourth-order valence-corrected chi connectivity index (χ4v) is 4.39. The van der Waals surface area contributed by atoms with Crippen LogP contribution in [-0.4, -0.2) is 39.6 Å². The van der Waals surface area contributed by atoms with E-state index in [0.29, 0.717) is 23.9 Å². The zero-order valence-electron chi connectivity index (χ0n) is 18.9. The lowest BCUT2D eigenvalue weighted by Gasteiger charge is -2.16. The first kappa shape index (κ1) is 24.1. The molecule has 0 saturated carbocycles. The second-order valence-electron chi connectivity index (χ2n) is 7.42. The van der Waals surface area contributed by atoms with Gasteiger partial charge in [0.05, 0.1) is 12.8 Å². The van der Waals surface area contributed by atoms with Gasteiger partial charge in [-0.15, -0.1) is 5.10 Å². The molecule has 0 aliphatic rings.